The smallest absolute Gasteiger partial charge is 0.417 e. The van der Waals surface area contributed by atoms with E-state index in [1.807, 2.05) is 25.6 Å². The highest BCUT2D eigenvalue weighted by Gasteiger charge is 2.31. The summed E-state index contributed by atoms with van der Waals surface area (Å²) in [5.41, 5.74) is 2.16. The summed E-state index contributed by atoms with van der Waals surface area (Å²) in [6.07, 6.45) is -3.81. The molecule has 0 bridgehead atoms. The maximum absolute atomic E-state index is 12.6. The number of nitrogens with zero attached hydrogens (tertiary/aromatic N) is 4. The van der Waals surface area contributed by atoms with Crippen LogP contribution in [0.25, 0.3) is 0 Å². The molecule has 0 amide bonds. The number of aromatic nitrogens is 3. The molecule has 2 aromatic rings. The van der Waals surface area contributed by atoms with Gasteiger partial charge in [0.15, 0.2) is 5.96 Å². The molecular weight excluding hydrogens is 397 g/mol. The maximum Gasteiger partial charge on any atom is 0.417 e. The van der Waals surface area contributed by atoms with Gasteiger partial charge in [-0.2, -0.15) is 18.3 Å². The molecular formula is C17H22ClF3N6O. The van der Waals surface area contributed by atoms with Crippen LogP contribution in [0.4, 0.5) is 13.2 Å². The van der Waals surface area contributed by atoms with E-state index in [0.717, 1.165) is 23.0 Å². The molecule has 2 N–H and O–H groups in total. The summed E-state index contributed by atoms with van der Waals surface area (Å²) in [5, 5.41) is 10.4. The Balaban J connectivity index is 1.82. The van der Waals surface area contributed by atoms with Crippen molar-refractivity contribution in [2.24, 2.45) is 12.0 Å². The number of rotatable bonds is 6. The highest BCUT2D eigenvalue weighted by molar-refractivity contribution is 6.31. The number of aliphatic imine (C=N–C) groups is 1. The van der Waals surface area contributed by atoms with Gasteiger partial charge in [-0.1, -0.05) is 11.6 Å². The van der Waals surface area contributed by atoms with Crippen molar-refractivity contribution < 1.29 is 17.9 Å². The second-order valence-corrected chi connectivity index (χ2v) is 6.39. The molecule has 0 aliphatic heterocycles. The Morgan fingerprint density at radius 1 is 1.32 bits per heavy atom. The minimum atomic E-state index is -4.50. The van der Waals surface area contributed by atoms with Crippen LogP contribution in [0.15, 0.2) is 17.3 Å². The van der Waals surface area contributed by atoms with Crippen molar-refractivity contribution in [3.05, 3.63) is 39.8 Å². The van der Waals surface area contributed by atoms with E-state index in [1.54, 1.807) is 7.05 Å². The minimum Gasteiger partial charge on any atom is -0.475 e. The highest BCUT2D eigenvalue weighted by Crippen LogP contribution is 2.32. The van der Waals surface area contributed by atoms with Crippen molar-refractivity contribution in [2.75, 3.05) is 20.2 Å². The van der Waals surface area contributed by atoms with Crippen LogP contribution in [0, 0.1) is 13.8 Å². The lowest BCUT2D eigenvalue weighted by atomic mass is 10.2. The van der Waals surface area contributed by atoms with E-state index in [1.165, 1.54) is 0 Å². The fourth-order valence-electron chi connectivity index (χ4n) is 2.47. The molecule has 7 nitrogen and oxygen atoms in total. The van der Waals surface area contributed by atoms with Crippen molar-refractivity contribution in [3.8, 4) is 5.88 Å². The van der Waals surface area contributed by atoms with Gasteiger partial charge in [-0.25, -0.2) is 4.98 Å². The summed E-state index contributed by atoms with van der Waals surface area (Å²) < 4.78 is 45.0. The van der Waals surface area contributed by atoms with E-state index in [9.17, 15) is 13.2 Å². The number of guanidine groups is 1. The maximum atomic E-state index is 12.6. The minimum absolute atomic E-state index is 0.0546. The zero-order chi connectivity index (χ0) is 20.9. The number of nitrogens with one attached hydrogen (secondary N) is 2. The Kier molecular flexibility index (Phi) is 7.11. The summed E-state index contributed by atoms with van der Waals surface area (Å²) in [7, 11) is 3.52. The average Bonchev–Trinajstić information content (AvgIpc) is 2.86. The molecule has 0 spiro atoms. The van der Waals surface area contributed by atoms with Gasteiger partial charge in [0.05, 0.1) is 17.8 Å². The number of alkyl halides is 3. The van der Waals surface area contributed by atoms with Crippen LogP contribution in [-0.2, 0) is 19.8 Å². The molecule has 154 valence electrons. The Bertz CT molecular complexity index is 850. The number of halogens is 4. The van der Waals surface area contributed by atoms with Crippen LogP contribution in [0.1, 0.15) is 22.5 Å². The molecule has 0 fully saturated rings. The lowest BCUT2D eigenvalue weighted by molar-refractivity contribution is -0.137. The Labute approximate surface area is 166 Å². The second-order valence-electron chi connectivity index (χ2n) is 5.98. The molecule has 0 radical (unpaired) electrons. The fraction of sp³-hybridized carbons (Fsp3) is 0.471. The van der Waals surface area contributed by atoms with E-state index >= 15 is 0 Å². The van der Waals surface area contributed by atoms with Crippen LogP contribution in [0.2, 0.25) is 5.02 Å². The Morgan fingerprint density at radius 3 is 2.57 bits per heavy atom. The summed E-state index contributed by atoms with van der Waals surface area (Å²) in [6.45, 7) is 4.97. The van der Waals surface area contributed by atoms with Gasteiger partial charge < -0.3 is 15.4 Å². The van der Waals surface area contributed by atoms with E-state index in [0.29, 0.717) is 25.2 Å². The highest BCUT2D eigenvalue weighted by atomic mass is 35.5. The molecule has 11 heteroatoms. The number of ether oxygens (including phenoxy) is 1. The summed E-state index contributed by atoms with van der Waals surface area (Å²) >= 11 is 5.80. The van der Waals surface area contributed by atoms with Crippen molar-refractivity contribution in [1.29, 1.82) is 0 Å². The molecule has 2 heterocycles. The lowest BCUT2D eigenvalue weighted by Crippen LogP contribution is -2.39. The first-order valence-electron chi connectivity index (χ1n) is 8.42. The molecule has 0 atom stereocenters. The van der Waals surface area contributed by atoms with E-state index in [4.69, 9.17) is 16.3 Å². The van der Waals surface area contributed by atoms with E-state index < -0.39 is 11.7 Å². The summed E-state index contributed by atoms with van der Waals surface area (Å²) in [5.74, 6) is 0.499. The van der Waals surface area contributed by atoms with Crippen LogP contribution in [0.3, 0.4) is 0 Å². The molecule has 0 unspecified atom stereocenters. The molecule has 0 saturated heterocycles. The first kappa shape index (κ1) is 21.8. The van der Waals surface area contributed by atoms with Gasteiger partial charge in [0, 0.05) is 38.1 Å². The standard InChI is InChI=1S/C17H22ClF3N6O/c1-10-13(11(2)27(4)26-10)9-25-16(22-3)23-5-6-28-15-14(18)7-12(8-24-15)17(19,20)21/h7-8H,5-6,9H2,1-4H3,(H2,22,23,25). The zero-order valence-corrected chi connectivity index (χ0v) is 16.7. The number of aryl methyl sites for hydroxylation is 2. The normalized spacial score (nSPS) is 12.2. The quantitative estimate of drug-likeness (QED) is 0.428. The SMILES string of the molecule is CN=C(NCCOc1ncc(C(F)(F)F)cc1Cl)NCc1c(C)nn(C)c1C. The van der Waals surface area contributed by atoms with Crippen molar-refractivity contribution in [2.45, 2.75) is 26.6 Å². The molecule has 0 aliphatic rings. The van der Waals surface area contributed by atoms with E-state index in [-0.39, 0.29) is 17.5 Å². The molecule has 0 saturated carbocycles. The predicted molar refractivity (Wildman–Crippen MR) is 101 cm³/mol. The van der Waals surface area contributed by atoms with Gasteiger partial charge in [0.2, 0.25) is 5.88 Å². The van der Waals surface area contributed by atoms with E-state index in [2.05, 4.69) is 25.7 Å². The molecule has 2 rings (SSSR count). The van der Waals surface area contributed by atoms with Gasteiger partial charge in [-0.3, -0.25) is 9.67 Å². The number of pyridine rings is 1. The first-order chi connectivity index (χ1) is 13.1. The summed E-state index contributed by atoms with van der Waals surface area (Å²) in [6, 6.07) is 0.788. The van der Waals surface area contributed by atoms with Crippen molar-refractivity contribution >= 4 is 17.6 Å². The molecule has 0 aromatic carbocycles. The third-order valence-electron chi connectivity index (χ3n) is 4.08. The summed E-state index contributed by atoms with van der Waals surface area (Å²) in [4.78, 5) is 7.74. The van der Waals surface area contributed by atoms with Crippen LogP contribution in [-0.4, -0.2) is 40.9 Å². The largest absolute Gasteiger partial charge is 0.475 e. The van der Waals surface area contributed by atoms with Gasteiger partial charge in [-0.15, -0.1) is 0 Å². The van der Waals surface area contributed by atoms with Gasteiger partial charge in [0.25, 0.3) is 0 Å². The Hall–Kier alpha value is -2.49. The monoisotopic (exact) mass is 418 g/mol. The lowest BCUT2D eigenvalue weighted by Gasteiger charge is -2.13. The van der Waals surface area contributed by atoms with Crippen molar-refractivity contribution in [3.63, 3.8) is 0 Å². The fourth-order valence-corrected chi connectivity index (χ4v) is 2.69. The topological polar surface area (TPSA) is 76.4 Å². The predicted octanol–water partition coefficient (Wildman–Crippen LogP) is 2.85. The van der Waals surface area contributed by atoms with Crippen LogP contribution >= 0.6 is 11.6 Å². The Morgan fingerprint density at radius 2 is 2.04 bits per heavy atom. The first-order valence-corrected chi connectivity index (χ1v) is 8.80. The van der Waals surface area contributed by atoms with Crippen LogP contribution in [0.5, 0.6) is 5.88 Å². The molecule has 0 aliphatic carbocycles. The average molecular weight is 419 g/mol. The van der Waals surface area contributed by atoms with Gasteiger partial charge in [0.1, 0.15) is 11.6 Å². The molecule has 28 heavy (non-hydrogen) atoms. The molecule has 2 aromatic heterocycles. The third kappa shape index (κ3) is 5.51. The van der Waals surface area contributed by atoms with Crippen molar-refractivity contribution in [1.82, 2.24) is 25.4 Å². The number of hydrogen-bond acceptors (Lipinski definition) is 4. The number of hydrogen-bond donors (Lipinski definition) is 2. The van der Waals surface area contributed by atoms with Gasteiger partial charge in [-0.05, 0) is 19.9 Å². The third-order valence-corrected chi connectivity index (χ3v) is 4.35. The second kappa shape index (κ2) is 9.13. The zero-order valence-electron chi connectivity index (χ0n) is 16.0. The van der Waals surface area contributed by atoms with Gasteiger partial charge >= 0.3 is 6.18 Å². The van der Waals surface area contributed by atoms with Crippen LogP contribution < -0.4 is 15.4 Å².